The van der Waals surface area contributed by atoms with Crippen LogP contribution in [0.1, 0.15) is 44.6 Å². The maximum absolute atomic E-state index is 13.8. The van der Waals surface area contributed by atoms with E-state index in [2.05, 4.69) is 5.32 Å². The first-order valence-corrected chi connectivity index (χ1v) is 9.40. The number of nitrogens with one attached hydrogen (secondary N) is 1. The smallest absolute Gasteiger partial charge is 0.343 e. The molecule has 1 aromatic carbocycles. The van der Waals surface area contributed by atoms with Crippen molar-refractivity contribution in [1.82, 2.24) is 5.32 Å². The molecule has 1 heterocycles. The number of benzene rings is 1. The van der Waals surface area contributed by atoms with Gasteiger partial charge >= 0.3 is 5.97 Å². The number of carbonyl (C=O) groups is 1. The van der Waals surface area contributed by atoms with Crippen LogP contribution in [-0.2, 0) is 15.1 Å². The van der Waals surface area contributed by atoms with Gasteiger partial charge in [-0.25, -0.2) is 13.6 Å². The van der Waals surface area contributed by atoms with Gasteiger partial charge in [-0.1, -0.05) is 30.3 Å². The fraction of sp³-hybridized carbons (Fsp3) is 0.650. The average molecular weight is 367 g/mol. The number of halogens is 2. The molecule has 1 aliphatic carbocycles. The van der Waals surface area contributed by atoms with Gasteiger partial charge in [0, 0.05) is 18.8 Å². The van der Waals surface area contributed by atoms with E-state index in [9.17, 15) is 18.7 Å². The maximum atomic E-state index is 13.8. The molecule has 0 radical (unpaired) electrons. The lowest BCUT2D eigenvalue weighted by Crippen LogP contribution is -2.46. The zero-order valence-corrected chi connectivity index (χ0v) is 15.1. The summed E-state index contributed by atoms with van der Waals surface area (Å²) in [5.41, 5.74) is -1.72. The monoisotopic (exact) mass is 367 g/mol. The minimum atomic E-state index is -2.85. The summed E-state index contributed by atoms with van der Waals surface area (Å²) in [4.78, 5) is 13.0. The van der Waals surface area contributed by atoms with E-state index in [1.54, 1.807) is 30.3 Å². The van der Waals surface area contributed by atoms with Crippen LogP contribution in [0.2, 0.25) is 0 Å². The van der Waals surface area contributed by atoms with E-state index < -0.39 is 29.8 Å². The molecule has 3 unspecified atom stereocenters. The van der Waals surface area contributed by atoms with E-state index >= 15 is 0 Å². The molecule has 1 saturated carbocycles. The van der Waals surface area contributed by atoms with Gasteiger partial charge in [-0.15, -0.1) is 0 Å². The number of hydrogen-bond donors (Lipinski definition) is 2. The normalized spacial score (nSPS) is 26.8. The topological polar surface area (TPSA) is 58.6 Å². The Kier molecular flexibility index (Phi) is 5.63. The third-order valence-corrected chi connectivity index (χ3v) is 5.86. The summed E-state index contributed by atoms with van der Waals surface area (Å²) >= 11 is 0. The summed E-state index contributed by atoms with van der Waals surface area (Å²) < 4.78 is 33.2. The molecule has 26 heavy (non-hydrogen) atoms. The Morgan fingerprint density at radius 2 is 1.92 bits per heavy atom. The molecule has 3 rings (SSSR count). The molecule has 0 spiro atoms. The first kappa shape index (κ1) is 19.2. The number of rotatable bonds is 5. The molecule has 3 atom stereocenters. The molecule has 0 aromatic heterocycles. The Morgan fingerprint density at radius 1 is 1.27 bits per heavy atom. The van der Waals surface area contributed by atoms with Crippen molar-refractivity contribution in [3.63, 3.8) is 0 Å². The van der Waals surface area contributed by atoms with E-state index in [1.807, 2.05) is 6.92 Å². The second-order valence-electron chi connectivity index (χ2n) is 7.63. The van der Waals surface area contributed by atoms with Crippen molar-refractivity contribution in [1.29, 1.82) is 0 Å². The Hall–Kier alpha value is -1.53. The van der Waals surface area contributed by atoms with Gasteiger partial charge in [-0.3, -0.25) is 0 Å². The van der Waals surface area contributed by atoms with E-state index in [4.69, 9.17) is 4.74 Å². The highest BCUT2D eigenvalue weighted by atomic mass is 19.3. The molecule has 0 amide bonds. The first-order chi connectivity index (χ1) is 12.3. The minimum Gasteiger partial charge on any atom is -0.460 e. The van der Waals surface area contributed by atoms with Gasteiger partial charge in [0.25, 0.3) is 0 Å². The fourth-order valence-corrected chi connectivity index (χ4v) is 4.19. The van der Waals surface area contributed by atoms with E-state index in [0.29, 0.717) is 5.56 Å². The van der Waals surface area contributed by atoms with Crippen LogP contribution in [0, 0.1) is 11.8 Å². The van der Waals surface area contributed by atoms with Gasteiger partial charge in [0.2, 0.25) is 5.92 Å². The molecule has 6 heteroatoms. The number of esters is 1. The summed E-state index contributed by atoms with van der Waals surface area (Å²) in [7, 11) is 0. The van der Waals surface area contributed by atoms with Crippen LogP contribution in [0.3, 0.4) is 0 Å². The maximum Gasteiger partial charge on any atom is 0.343 e. The van der Waals surface area contributed by atoms with Crippen molar-refractivity contribution in [3.05, 3.63) is 35.9 Å². The van der Waals surface area contributed by atoms with Gasteiger partial charge in [-0.05, 0) is 50.8 Å². The lowest BCUT2D eigenvalue weighted by atomic mass is 9.80. The summed E-state index contributed by atoms with van der Waals surface area (Å²) in [5.74, 6) is -4.30. The van der Waals surface area contributed by atoms with Crippen LogP contribution in [0.5, 0.6) is 0 Å². The van der Waals surface area contributed by atoms with Crippen LogP contribution in [0.4, 0.5) is 8.78 Å². The number of alkyl halides is 2. The predicted molar refractivity (Wildman–Crippen MR) is 93.8 cm³/mol. The second-order valence-corrected chi connectivity index (χ2v) is 7.63. The molecule has 144 valence electrons. The van der Waals surface area contributed by atoms with E-state index in [-0.39, 0.29) is 24.9 Å². The second kappa shape index (κ2) is 7.61. The van der Waals surface area contributed by atoms with Gasteiger partial charge < -0.3 is 15.2 Å². The number of aliphatic hydroxyl groups is 1. The molecule has 4 nitrogen and oxygen atoms in total. The summed E-state index contributed by atoms with van der Waals surface area (Å²) in [6, 6.07) is 8.35. The lowest BCUT2D eigenvalue weighted by molar-refractivity contribution is -0.182. The quantitative estimate of drug-likeness (QED) is 0.785. The van der Waals surface area contributed by atoms with Crippen LogP contribution in [0.25, 0.3) is 0 Å². The molecule has 1 aliphatic heterocycles. The van der Waals surface area contributed by atoms with Crippen molar-refractivity contribution in [2.75, 3.05) is 13.1 Å². The molecule has 2 N–H and O–H groups in total. The summed E-state index contributed by atoms with van der Waals surface area (Å²) in [6.07, 6.45) is 0.690. The van der Waals surface area contributed by atoms with Crippen molar-refractivity contribution in [2.24, 2.45) is 11.8 Å². The summed E-state index contributed by atoms with van der Waals surface area (Å²) in [5, 5.41) is 14.6. The molecular formula is C20H27F2NO3. The SMILES string of the molecule is CC(OC(=O)C(O)(c1ccccc1)C1CCC(F)(F)C1)C1CCNCC1. The van der Waals surface area contributed by atoms with Gasteiger partial charge in [-0.2, -0.15) is 0 Å². The first-order valence-electron chi connectivity index (χ1n) is 9.40. The average Bonchev–Trinajstić information content (AvgIpc) is 3.02. The van der Waals surface area contributed by atoms with Crippen molar-refractivity contribution < 1.29 is 23.4 Å². The van der Waals surface area contributed by atoms with Crippen molar-refractivity contribution in [2.45, 2.75) is 56.7 Å². The number of piperidine rings is 1. The number of ether oxygens (including phenoxy) is 1. The minimum absolute atomic E-state index is 0.0925. The number of carbonyl (C=O) groups excluding carboxylic acids is 1. The zero-order chi connectivity index (χ0) is 18.8. The van der Waals surface area contributed by atoms with Crippen molar-refractivity contribution >= 4 is 5.97 Å². The van der Waals surface area contributed by atoms with Gasteiger partial charge in [0.15, 0.2) is 5.60 Å². The number of hydrogen-bond acceptors (Lipinski definition) is 4. The molecular weight excluding hydrogens is 340 g/mol. The zero-order valence-electron chi connectivity index (χ0n) is 15.1. The lowest BCUT2D eigenvalue weighted by Gasteiger charge is -2.35. The third kappa shape index (κ3) is 3.91. The highest BCUT2D eigenvalue weighted by molar-refractivity contribution is 5.81. The van der Waals surface area contributed by atoms with Gasteiger partial charge in [0.05, 0.1) is 0 Å². The predicted octanol–water partition coefficient (Wildman–Crippen LogP) is 3.24. The van der Waals surface area contributed by atoms with Crippen LogP contribution >= 0.6 is 0 Å². The largest absolute Gasteiger partial charge is 0.460 e. The molecule has 0 bridgehead atoms. The Morgan fingerprint density at radius 3 is 2.50 bits per heavy atom. The standard InChI is InChI=1S/C20H27F2NO3/c1-14(15-8-11-23-12-9-15)26-18(24)20(25,16-5-3-2-4-6-16)17-7-10-19(21,22)13-17/h2-6,14-15,17,23,25H,7-13H2,1H3. The summed E-state index contributed by atoms with van der Waals surface area (Å²) in [6.45, 7) is 3.55. The Balaban J connectivity index is 1.82. The molecule has 1 saturated heterocycles. The Bertz CT molecular complexity index is 619. The van der Waals surface area contributed by atoms with E-state index in [0.717, 1.165) is 25.9 Å². The molecule has 2 fully saturated rings. The highest BCUT2D eigenvalue weighted by Gasteiger charge is 2.54. The highest BCUT2D eigenvalue weighted by Crippen LogP contribution is 2.48. The van der Waals surface area contributed by atoms with Gasteiger partial charge in [0.1, 0.15) is 6.10 Å². The van der Waals surface area contributed by atoms with E-state index in [1.165, 1.54) is 0 Å². The third-order valence-electron chi connectivity index (χ3n) is 5.86. The Labute approximate surface area is 152 Å². The van der Waals surface area contributed by atoms with Crippen LogP contribution in [-0.4, -0.2) is 36.2 Å². The molecule has 1 aromatic rings. The molecule has 2 aliphatic rings. The van der Waals surface area contributed by atoms with Crippen LogP contribution < -0.4 is 5.32 Å². The fourth-order valence-electron chi connectivity index (χ4n) is 4.19. The van der Waals surface area contributed by atoms with Crippen molar-refractivity contribution in [3.8, 4) is 0 Å². The van der Waals surface area contributed by atoms with Crippen LogP contribution in [0.15, 0.2) is 30.3 Å².